The van der Waals surface area contributed by atoms with Crippen LogP contribution in [0, 0.1) is 20.2 Å². The maximum atomic E-state index is 10.0. The Morgan fingerprint density at radius 1 is 0.909 bits per heavy atom. The fraction of sp³-hybridized carbons (Fsp3) is 0. The van der Waals surface area contributed by atoms with Crippen molar-refractivity contribution in [2.45, 2.75) is 0 Å². The van der Waals surface area contributed by atoms with Gasteiger partial charge in [-0.3, -0.25) is 0 Å². The van der Waals surface area contributed by atoms with Gasteiger partial charge in [0.2, 0.25) is 0 Å². The molecule has 0 atom stereocenters. The van der Waals surface area contributed by atoms with E-state index < -0.39 is 21.7 Å². The van der Waals surface area contributed by atoms with Crippen LogP contribution in [0.3, 0.4) is 0 Å². The van der Waals surface area contributed by atoms with Crippen LogP contribution < -0.4 is 17.5 Å². The first-order valence-corrected chi connectivity index (χ1v) is 6.72. The predicted molar refractivity (Wildman–Crippen MR) is 30.7 cm³/mol. The zero-order valence-electron chi connectivity index (χ0n) is 5.15. The van der Waals surface area contributed by atoms with Gasteiger partial charge in [-0.25, -0.2) is 0 Å². The third-order valence-electron chi connectivity index (χ3n) is 0.637. The number of nitrogens with zero attached hydrogens (tertiary/aromatic N) is 2. The van der Waals surface area contributed by atoms with Gasteiger partial charge in [-0.1, -0.05) is 0 Å². The average Bonchev–Trinajstić information content (AvgIpc) is 1.61. The van der Waals surface area contributed by atoms with Crippen LogP contribution in [0.2, 0.25) is 0 Å². The van der Waals surface area contributed by atoms with Crippen LogP contribution in [0.4, 0.5) is 0 Å². The molecule has 72 valence electrons. The summed E-state index contributed by atoms with van der Waals surface area (Å²) in [6.45, 7) is 0. The summed E-state index contributed by atoms with van der Waals surface area (Å²) in [5.74, 6) is 0. The second-order valence-electron chi connectivity index (χ2n) is 1.73. The minimum atomic E-state index is -6.84. The molecule has 0 amide bonds. The zero-order chi connectivity index (χ0) is 9.56. The van der Waals surface area contributed by atoms with Gasteiger partial charge < -0.3 is 0 Å². The van der Waals surface area contributed by atoms with Crippen LogP contribution in [-0.4, -0.2) is 7.11 Å². The monoisotopic (exact) mass is 262 g/mol. The van der Waals surface area contributed by atoms with Gasteiger partial charge in [0.1, 0.15) is 0 Å². The van der Waals surface area contributed by atoms with E-state index in [0.29, 0.717) is 0 Å². The van der Waals surface area contributed by atoms with Crippen molar-refractivity contribution in [3.63, 3.8) is 0 Å². The number of rotatable bonds is 2. The first-order valence-electron chi connectivity index (χ1n) is 1.74. The van der Waals surface area contributed by atoms with Gasteiger partial charge in [0.25, 0.3) is 0 Å². The van der Waals surface area contributed by atoms with Crippen molar-refractivity contribution in [1.82, 2.24) is 0 Å². The molecule has 0 aromatic carbocycles. The molecular weight excluding hydrogens is 254 g/mol. The number of hydrogen-bond acceptors (Lipinski definition) is 8. The van der Waals surface area contributed by atoms with Gasteiger partial charge in [0, 0.05) is 0 Å². The fourth-order valence-electron chi connectivity index (χ4n) is 0.0422. The van der Waals surface area contributed by atoms with E-state index in [4.69, 9.17) is 0 Å². The molecule has 0 fully saturated rings. The van der Waals surface area contributed by atoms with E-state index in [1.54, 1.807) is 0 Å². The van der Waals surface area contributed by atoms with Crippen LogP contribution in [0.15, 0.2) is 0 Å². The first-order chi connectivity index (χ1) is 4.41. The Balaban J connectivity index is 5.57. The molecule has 0 saturated heterocycles. The summed E-state index contributed by atoms with van der Waals surface area (Å²) in [4.78, 5) is 20.1. The Hall–Kier alpha value is -0.698. The summed E-state index contributed by atoms with van der Waals surface area (Å²) >= 11 is -6.84. The maximum absolute atomic E-state index is 10.0. The fourth-order valence-corrected chi connectivity index (χ4v) is 0.249. The second kappa shape index (κ2) is 1.56. The molecule has 8 N–H and O–H groups in total. The molecule has 0 rings (SSSR count). The predicted octanol–water partition coefficient (Wildman–Crippen LogP) is -2.91. The summed E-state index contributed by atoms with van der Waals surface area (Å²) in [5.41, 5.74) is 0. The first kappa shape index (κ1) is 10.3. The molecule has 11 heteroatoms. The van der Waals surface area contributed by atoms with Crippen LogP contribution >= 0.6 is 0 Å². The molecule has 0 aliphatic carbocycles. The Bertz CT molecular complexity index is 212. The summed E-state index contributed by atoms with van der Waals surface area (Å²) in [6, 6.07) is 0. The Kier molecular flexibility index (Phi) is 1.46. The van der Waals surface area contributed by atoms with Gasteiger partial charge in [-0.2, -0.15) is 0 Å². The van der Waals surface area contributed by atoms with E-state index in [0.717, 1.165) is 0 Å². The number of hydrogen-bond donors (Lipinski definition) is 4. The molecule has 0 spiro atoms. The van der Waals surface area contributed by atoms with E-state index in [2.05, 4.69) is 17.5 Å². The van der Waals surface area contributed by atoms with Crippen molar-refractivity contribution in [3.8, 4) is 0 Å². The van der Waals surface area contributed by atoms with Crippen LogP contribution in [-0.2, 0) is 14.6 Å². The molecule has 0 aromatic heterocycles. The third kappa shape index (κ3) is 1.33. The van der Waals surface area contributed by atoms with Gasteiger partial charge >= 0.3 is 59.4 Å². The molecule has 0 aromatic rings. The molecule has 0 aliphatic heterocycles. The Labute approximate surface area is 60.0 Å². The van der Waals surface area contributed by atoms with E-state index in [-0.39, 0.29) is 0 Å². The standard InChI is InChI=1S/2NO2.4H2N.Pd/c2*2-1-3;;;;;/h;;4*1H2;/q;;4*-1;+4. The normalized spacial score (nSPS) is 18.2. The molecule has 11 heavy (non-hydrogen) atoms. The van der Waals surface area contributed by atoms with Crippen molar-refractivity contribution >= 4 is 0 Å². The molecule has 10 nitrogen and oxygen atoms in total. The molecule has 0 heterocycles. The van der Waals surface area contributed by atoms with Gasteiger partial charge in [-0.05, 0) is 0 Å². The third-order valence-corrected chi connectivity index (χ3v) is 3.77. The molecule has 0 radical (unpaired) electrons. The summed E-state index contributed by atoms with van der Waals surface area (Å²) in [7, 11) is 0. The number of nitro groups is 2. The molecular formula is H8N6O4Pd. The SMILES string of the molecule is [NH2][Pd]([NH2])([NH2])([NH2])([N+](=O)[O-])[N+](=O)[O-]. The van der Waals surface area contributed by atoms with Crippen molar-refractivity contribution in [2.75, 3.05) is 0 Å². The molecule has 0 saturated carbocycles. The summed E-state index contributed by atoms with van der Waals surface area (Å²) < 4.78 is 15.1. The van der Waals surface area contributed by atoms with Gasteiger partial charge in [-0.15, -0.1) is 0 Å². The summed E-state index contributed by atoms with van der Waals surface area (Å²) in [6.07, 6.45) is 0. The topological polar surface area (TPSA) is 190 Å². The number of nitrogens with two attached hydrogens (primary N) is 4. The Morgan fingerprint density at radius 3 is 1.09 bits per heavy atom. The van der Waals surface area contributed by atoms with Crippen molar-refractivity contribution in [2.24, 2.45) is 17.5 Å². The zero-order valence-corrected chi connectivity index (χ0v) is 6.71. The van der Waals surface area contributed by atoms with Crippen molar-refractivity contribution < 1.29 is 21.7 Å². The summed E-state index contributed by atoms with van der Waals surface area (Å²) in [5, 5.41) is 20.1. The van der Waals surface area contributed by atoms with E-state index in [1.807, 2.05) is 0 Å². The van der Waals surface area contributed by atoms with E-state index >= 15 is 0 Å². The molecule has 0 aliphatic rings. The second-order valence-corrected chi connectivity index (χ2v) is 9.50. The Morgan fingerprint density at radius 2 is 1.09 bits per heavy atom. The van der Waals surface area contributed by atoms with E-state index in [9.17, 15) is 20.2 Å². The molecule has 0 unspecified atom stereocenters. The van der Waals surface area contributed by atoms with E-state index in [1.165, 1.54) is 0 Å². The van der Waals surface area contributed by atoms with Gasteiger partial charge in [0.15, 0.2) is 0 Å². The van der Waals surface area contributed by atoms with Gasteiger partial charge in [0.05, 0.1) is 0 Å². The van der Waals surface area contributed by atoms with Crippen molar-refractivity contribution in [1.29, 1.82) is 0 Å². The average molecular weight is 263 g/mol. The van der Waals surface area contributed by atoms with Crippen LogP contribution in [0.5, 0.6) is 0 Å². The van der Waals surface area contributed by atoms with Crippen LogP contribution in [0.25, 0.3) is 0 Å². The quantitative estimate of drug-likeness (QED) is 0.231. The van der Waals surface area contributed by atoms with Crippen molar-refractivity contribution in [3.05, 3.63) is 20.2 Å². The van der Waals surface area contributed by atoms with Crippen LogP contribution in [0.1, 0.15) is 0 Å². The minimum absolute atomic E-state index is 1.62. The molecule has 0 bridgehead atoms.